The predicted molar refractivity (Wildman–Crippen MR) is 164 cm³/mol. The molecule has 0 spiro atoms. The minimum Gasteiger partial charge on any atom is -0.390 e. The van der Waals surface area contributed by atoms with E-state index in [1.54, 1.807) is 22.6 Å². The summed E-state index contributed by atoms with van der Waals surface area (Å²) >= 11 is 4.89. The SMILES string of the molecule is CCNc1cc(C(=O)N[C@@H](Cc2ccccc2)[C@@H](O)CNCc2cnc(Br)s2)cc(N2CCCCS2(O)O)c1. The molecule has 2 aromatic carbocycles. The van der Waals surface area contributed by atoms with Gasteiger partial charge in [0.2, 0.25) is 0 Å². The van der Waals surface area contributed by atoms with Crippen LogP contribution in [0.2, 0.25) is 0 Å². The maximum atomic E-state index is 13.6. The van der Waals surface area contributed by atoms with Crippen LogP contribution in [0, 0.1) is 0 Å². The molecule has 1 aromatic heterocycles. The lowest BCUT2D eigenvalue weighted by molar-refractivity contribution is 0.0830. The van der Waals surface area contributed by atoms with E-state index in [1.807, 2.05) is 43.3 Å². The number of benzene rings is 2. The summed E-state index contributed by atoms with van der Waals surface area (Å²) in [5.41, 5.74) is 2.70. The molecular formula is C27H36BrN5O4S2. The van der Waals surface area contributed by atoms with Crippen LogP contribution in [0.5, 0.6) is 0 Å². The average Bonchev–Trinajstić information content (AvgIpc) is 3.33. The monoisotopic (exact) mass is 637 g/mol. The van der Waals surface area contributed by atoms with E-state index >= 15 is 0 Å². The average molecular weight is 639 g/mol. The van der Waals surface area contributed by atoms with Gasteiger partial charge in [-0.3, -0.25) is 18.2 Å². The molecular weight excluding hydrogens is 602 g/mol. The van der Waals surface area contributed by atoms with Crippen molar-refractivity contribution in [1.82, 2.24) is 15.6 Å². The first kappa shape index (κ1) is 29.8. The highest BCUT2D eigenvalue weighted by molar-refractivity contribution is 9.11. The fraction of sp³-hybridized carbons (Fsp3) is 0.407. The Balaban J connectivity index is 1.53. The Morgan fingerprint density at radius 2 is 2.00 bits per heavy atom. The van der Waals surface area contributed by atoms with Gasteiger partial charge in [0.15, 0.2) is 3.92 Å². The molecule has 0 bridgehead atoms. The summed E-state index contributed by atoms with van der Waals surface area (Å²) in [5, 5.41) is 20.7. The summed E-state index contributed by atoms with van der Waals surface area (Å²) in [4.78, 5) is 18.8. The number of anilines is 2. The molecule has 2 atom stereocenters. The molecule has 1 saturated heterocycles. The molecule has 0 aliphatic carbocycles. The van der Waals surface area contributed by atoms with Crippen LogP contribution in [0.1, 0.15) is 40.6 Å². The number of hydrogen-bond acceptors (Lipinski definition) is 9. The molecule has 0 unspecified atom stereocenters. The fourth-order valence-electron chi connectivity index (χ4n) is 4.55. The highest BCUT2D eigenvalue weighted by Gasteiger charge is 2.28. The first-order chi connectivity index (χ1) is 18.7. The molecule has 39 heavy (non-hydrogen) atoms. The fourth-order valence-corrected chi connectivity index (χ4v) is 7.56. The van der Waals surface area contributed by atoms with Crippen molar-refractivity contribution in [3.8, 4) is 0 Å². The van der Waals surface area contributed by atoms with E-state index in [-0.39, 0.29) is 12.5 Å². The number of hydrogen-bond donors (Lipinski definition) is 6. The van der Waals surface area contributed by atoms with Gasteiger partial charge in [0.1, 0.15) is 0 Å². The number of carbonyl (C=O) groups is 1. The standard InChI is InChI=1S/C27H36BrN5O4S2/c1-2-30-21-13-20(14-22(15-21)33-10-6-7-11-39(33,36)37)26(35)32-24(12-19-8-4-3-5-9-19)25(34)18-29-16-23-17-31-27(28)38-23/h3-5,8-9,13-15,17,24-25,29-30,34,36-37H,2,6-7,10-12,16,18H2,1H3,(H,32,35)/t24-,25-/m0/s1. The summed E-state index contributed by atoms with van der Waals surface area (Å²) in [6.07, 6.45) is 2.99. The van der Waals surface area contributed by atoms with Crippen LogP contribution in [-0.4, -0.2) is 62.6 Å². The zero-order valence-corrected chi connectivity index (χ0v) is 25.1. The Morgan fingerprint density at radius 3 is 2.69 bits per heavy atom. The van der Waals surface area contributed by atoms with Crippen molar-refractivity contribution in [3.05, 3.63) is 74.6 Å². The number of halogens is 1. The summed E-state index contributed by atoms with van der Waals surface area (Å²) in [6.45, 7) is 3.97. The molecule has 1 fully saturated rings. The van der Waals surface area contributed by atoms with E-state index in [4.69, 9.17) is 0 Å². The van der Waals surface area contributed by atoms with Crippen LogP contribution >= 0.6 is 38.0 Å². The van der Waals surface area contributed by atoms with E-state index in [0.717, 1.165) is 32.9 Å². The first-order valence-corrected chi connectivity index (χ1v) is 16.3. The molecule has 4 rings (SSSR count). The molecule has 212 valence electrons. The van der Waals surface area contributed by atoms with Crippen LogP contribution in [0.25, 0.3) is 0 Å². The summed E-state index contributed by atoms with van der Waals surface area (Å²) < 4.78 is 23.8. The third-order valence-corrected chi connectivity index (χ3v) is 9.90. The van der Waals surface area contributed by atoms with Gasteiger partial charge in [-0.1, -0.05) is 30.3 Å². The van der Waals surface area contributed by atoms with Gasteiger partial charge in [0, 0.05) is 48.5 Å². The van der Waals surface area contributed by atoms with E-state index in [2.05, 4.69) is 36.9 Å². The molecule has 9 nitrogen and oxygen atoms in total. The highest BCUT2D eigenvalue weighted by Crippen LogP contribution is 2.50. The second-order valence-electron chi connectivity index (χ2n) is 9.49. The van der Waals surface area contributed by atoms with Gasteiger partial charge in [-0.05, 0) is 65.9 Å². The van der Waals surface area contributed by atoms with Gasteiger partial charge in [0.25, 0.3) is 5.91 Å². The second-order valence-corrected chi connectivity index (χ2v) is 14.0. The zero-order valence-electron chi connectivity index (χ0n) is 21.8. The zero-order chi connectivity index (χ0) is 27.8. The summed E-state index contributed by atoms with van der Waals surface area (Å²) in [7, 11) is -2.94. The number of nitrogens with zero attached hydrogens (tertiary/aromatic N) is 2. The van der Waals surface area contributed by atoms with Crippen LogP contribution in [0.3, 0.4) is 0 Å². The number of aliphatic hydroxyl groups excluding tert-OH is 1. The van der Waals surface area contributed by atoms with Gasteiger partial charge in [0.05, 0.1) is 23.6 Å². The molecule has 0 saturated carbocycles. The minimum absolute atomic E-state index is 0.282. The van der Waals surface area contributed by atoms with Crippen molar-refractivity contribution in [1.29, 1.82) is 0 Å². The van der Waals surface area contributed by atoms with Crippen molar-refractivity contribution in [2.45, 2.75) is 44.9 Å². The van der Waals surface area contributed by atoms with E-state index in [9.17, 15) is 19.0 Å². The Kier molecular flexibility index (Phi) is 10.6. The summed E-state index contributed by atoms with van der Waals surface area (Å²) in [5.74, 6) is -0.0209. The van der Waals surface area contributed by atoms with E-state index < -0.39 is 22.9 Å². The second kappa shape index (κ2) is 13.9. The van der Waals surface area contributed by atoms with Gasteiger partial charge in [-0.15, -0.1) is 22.1 Å². The maximum Gasteiger partial charge on any atom is 0.251 e. The Morgan fingerprint density at radius 1 is 1.21 bits per heavy atom. The Bertz CT molecular complexity index is 1230. The number of aromatic nitrogens is 1. The number of carbonyl (C=O) groups excluding carboxylic acids is 1. The van der Waals surface area contributed by atoms with Crippen LogP contribution < -0.4 is 20.3 Å². The quantitative estimate of drug-likeness (QED) is 0.162. The molecule has 0 radical (unpaired) electrons. The molecule has 3 aromatic rings. The lowest BCUT2D eigenvalue weighted by Gasteiger charge is -2.47. The van der Waals surface area contributed by atoms with Gasteiger partial charge in [-0.25, -0.2) is 4.98 Å². The Hall–Kier alpha value is -2.19. The van der Waals surface area contributed by atoms with Crippen LogP contribution in [0.4, 0.5) is 11.4 Å². The molecule has 1 aliphatic heterocycles. The van der Waals surface area contributed by atoms with Crippen molar-refractivity contribution in [2.75, 3.05) is 35.0 Å². The topological polar surface area (TPSA) is 130 Å². The van der Waals surface area contributed by atoms with Crippen LogP contribution in [-0.2, 0) is 13.0 Å². The number of rotatable bonds is 12. The predicted octanol–water partition coefficient (Wildman–Crippen LogP) is 5.10. The Labute approximate surface area is 243 Å². The van der Waals surface area contributed by atoms with Gasteiger partial charge < -0.3 is 21.1 Å². The number of amides is 1. The molecule has 1 amide bonds. The van der Waals surface area contributed by atoms with Crippen molar-refractivity contribution < 1.29 is 19.0 Å². The lowest BCUT2D eigenvalue weighted by Crippen LogP contribution is -2.48. The maximum absolute atomic E-state index is 13.6. The number of nitrogens with one attached hydrogen (secondary N) is 3. The van der Waals surface area contributed by atoms with E-state index in [0.29, 0.717) is 43.1 Å². The largest absolute Gasteiger partial charge is 0.390 e. The number of thiazole rings is 1. The van der Waals surface area contributed by atoms with Crippen LogP contribution in [0.15, 0.2) is 58.6 Å². The summed E-state index contributed by atoms with van der Waals surface area (Å²) in [6, 6.07) is 14.5. The third kappa shape index (κ3) is 8.40. The molecule has 2 heterocycles. The first-order valence-electron chi connectivity index (χ1n) is 13.0. The van der Waals surface area contributed by atoms with Crippen molar-refractivity contribution in [2.24, 2.45) is 0 Å². The van der Waals surface area contributed by atoms with Gasteiger partial charge >= 0.3 is 0 Å². The smallest absolute Gasteiger partial charge is 0.251 e. The van der Waals surface area contributed by atoms with Crippen molar-refractivity contribution >= 4 is 55.3 Å². The molecule has 1 aliphatic rings. The molecule has 12 heteroatoms. The number of aliphatic hydroxyl groups is 1. The lowest BCUT2D eigenvalue weighted by atomic mass is 10.00. The minimum atomic E-state index is -2.94. The molecule has 6 N–H and O–H groups in total. The van der Waals surface area contributed by atoms with Gasteiger partial charge in [-0.2, -0.15) is 0 Å². The van der Waals surface area contributed by atoms with Crippen molar-refractivity contribution in [3.63, 3.8) is 0 Å². The third-order valence-electron chi connectivity index (χ3n) is 6.49. The highest BCUT2D eigenvalue weighted by atomic mass is 79.9. The normalized spacial score (nSPS) is 17.3. The van der Waals surface area contributed by atoms with E-state index in [1.165, 1.54) is 11.3 Å².